The molecular weight excluding hydrogens is 260 g/mol. The van der Waals surface area contributed by atoms with E-state index in [0.717, 1.165) is 16.4 Å². The smallest absolute Gasteiger partial charge is 0.228 e. The minimum atomic E-state index is 0.669. The van der Waals surface area contributed by atoms with Gasteiger partial charge >= 0.3 is 0 Å². The highest BCUT2D eigenvalue weighted by Gasteiger charge is 2.07. The Morgan fingerprint density at radius 3 is 2.79 bits per heavy atom. The molecule has 3 heterocycles. The first-order chi connectivity index (χ1) is 9.36. The summed E-state index contributed by atoms with van der Waals surface area (Å²) in [6.45, 7) is 0.669. The Bertz CT molecular complexity index is 681. The predicted molar refractivity (Wildman–Crippen MR) is 74.1 cm³/mol. The largest absolute Gasteiger partial charge is 0.350 e. The van der Waals surface area contributed by atoms with E-state index < -0.39 is 0 Å². The van der Waals surface area contributed by atoms with Gasteiger partial charge in [-0.05, 0) is 24.0 Å². The van der Waals surface area contributed by atoms with Gasteiger partial charge in [0.25, 0.3) is 0 Å². The molecule has 0 aliphatic heterocycles. The van der Waals surface area contributed by atoms with E-state index in [9.17, 15) is 0 Å². The van der Waals surface area contributed by atoms with E-state index in [1.165, 1.54) is 11.8 Å². The van der Waals surface area contributed by atoms with Crippen molar-refractivity contribution in [1.29, 1.82) is 0 Å². The lowest BCUT2D eigenvalue weighted by Gasteiger charge is -2.08. The topological polar surface area (TPSA) is 68.0 Å². The standard InChI is InChI=1S/C12H12N6S/c1-19-12-16-10-4-7-15-18(10)11(17-12)14-8-9-2-5-13-6-3-9/h2-7H,8H2,1H3,(H,14,16,17). The summed E-state index contributed by atoms with van der Waals surface area (Å²) in [5.74, 6) is 0.691. The molecule has 0 saturated heterocycles. The van der Waals surface area contributed by atoms with E-state index in [2.05, 4.69) is 25.4 Å². The van der Waals surface area contributed by atoms with Crippen LogP contribution in [0.1, 0.15) is 5.56 Å². The average molecular weight is 272 g/mol. The molecule has 0 aliphatic carbocycles. The summed E-state index contributed by atoms with van der Waals surface area (Å²) in [6.07, 6.45) is 7.21. The van der Waals surface area contributed by atoms with Gasteiger partial charge in [0.15, 0.2) is 10.8 Å². The highest BCUT2D eigenvalue weighted by atomic mass is 32.2. The number of hydrogen-bond donors (Lipinski definition) is 1. The number of pyridine rings is 1. The molecule has 0 spiro atoms. The van der Waals surface area contributed by atoms with Gasteiger partial charge in [0.1, 0.15) is 0 Å². The van der Waals surface area contributed by atoms with Gasteiger partial charge in [0.2, 0.25) is 5.95 Å². The maximum Gasteiger partial charge on any atom is 0.228 e. The Morgan fingerprint density at radius 1 is 1.16 bits per heavy atom. The fourth-order valence-electron chi connectivity index (χ4n) is 1.69. The molecular formula is C12H12N6S. The molecule has 0 amide bonds. The molecule has 0 aromatic carbocycles. The Kier molecular flexibility index (Phi) is 3.28. The first kappa shape index (κ1) is 11.9. The molecule has 1 N–H and O–H groups in total. The molecule has 3 aromatic rings. The summed E-state index contributed by atoms with van der Waals surface area (Å²) in [5, 5.41) is 8.21. The zero-order valence-electron chi connectivity index (χ0n) is 10.3. The van der Waals surface area contributed by atoms with Crippen LogP contribution in [0.3, 0.4) is 0 Å². The Morgan fingerprint density at radius 2 is 2.00 bits per heavy atom. The van der Waals surface area contributed by atoms with Crippen molar-refractivity contribution in [2.24, 2.45) is 0 Å². The minimum absolute atomic E-state index is 0.669. The van der Waals surface area contributed by atoms with Crippen molar-refractivity contribution in [2.75, 3.05) is 11.6 Å². The molecule has 3 rings (SSSR count). The van der Waals surface area contributed by atoms with Gasteiger partial charge in [-0.15, -0.1) is 0 Å². The van der Waals surface area contributed by atoms with Crippen molar-refractivity contribution >= 4 is 23.4 Å². The van der Waals surface area contributed by atoms with Crippen LogP contribution in [0.5, 0.6) is 0 Å². The third-order valence-electron chi connectivity index (χ3n) is 2.62. The molecule has 7 heteroatoms. The summed E-state index contributed by atoms with van der Waals surface area (Å²) in [7, 11) is 0. The quantitative estimate of drug-likeness (QED) is 0.731. The summed E-state index contributed by atoms with van der Waals surface area (Å²) < 4.78 is 1.70. The molecule has 3 aromatic heterocycles. The second-order valence-corrected chi connectivity index (χ2v) is 4.62. The van der Waals surface area contributed by atoms with Crippen LogP contribution < -0.4 is 5.32 Å². The summed E-state index contributed by atoms with van der Waals surface area (Å²) in [4.78, 5) is 12.8. The first-order valence-corrected chi connectivity index (χ1v) is 6.98. The van der Waals surface area contributed by atoms with Crippen molar-refractivity contribution in [3.63, 3.8) is 0 Å². The number of fused-ring (bicyclic) bond motifs is 1. The van der Waals surface area contributed by atoms with Gasteiger partial charge in [-0.2, -0.15) is 14.6 Å². The SMILES string of the molecule is CSc1nc(NCc2ccncc2)n2nccc2n1. The highest BCUT2D eigenvalue weighted by Crippen LogP contribution is 2.15. The first-order valence-electron chi connectivity index (χ1n) is 5.75. The Balaban J connectivity index is 1.89. The van der Waals surface area contributed by atoms with Crippen molar-refractivity contribution in [3.05, 3.63) is 42.4 Å². The molecule has 6 nitrogen and oxygen atoms in total. The van der Waals surface area contributed by atoms with E-state index in [4.69, 9.17) is 0 Å². The average Bonchev–Trinajstić information content (AvgIpc) is 2.94. The van der Waals surface area contributed by atoms with Crippen LogP contribution in [0.4, 0.5) is 5.95 Å². The van der Waals surface area contributed by atoms with Crippen LogP contribution in [0.25, 0.3) is 5.65 Å². The number of anilines is 1. The molecule has 0 saturated carbocycles. The lowest BCUT2D eigenvalue weighted by Crippen LogP contribution is -2.09. The van der Waals surface area contributed by atoms with Crippen molar-refractivity contribution in [3.8, 4) is 0 Å². The third kappa shape index (κ3) is 2.50. The van der Waals surface area contributed by atoms with Crippen LogP contribution in [0.2, 0.25) is 0 Å². The van der Waals surface area contributed by atoms with E-state index in [1.807, 2.05) is 24.5 Å². The van der Waals surface area contributed by atoms with Gasteiger partial charge in [0, 0.05) is 25.0 Å². The monoisotopic (exact) mass is 272 g/mol. The molecule has 0 radical (unpaired) electrons. The maximum atomic E-state index is 4.43. The molecule has 0 atom stereocenters. The fraction of sp³-hybridized carbons (Fsp3) is 0.167. The van der Waals surface area contributed by atoms with E-state index in [0.29, 0.717) is 12.5 Å². The van der Waals surface area contributed by atoms with Crippen molar-refractivity contribution in [1.82, 2.24) is 24.6 Å². The third-order valence-corrected chi connectivity index (χ3v) is 3.17. The fourth-order valence-corrected chi connectivity index (χ4v) is 2.06. The zero-order chi connectivity index (χ0) is 13.1. The van der Waals surface area contributed by atoms with Crippen LogP contribution in [-0.4, -0.2) is 30.8 Å². The van der Waals surface area contributed by atoms with Crippen LogP contribution in [0.15, 0.2) is 41.9 Å². The van der Waals surface area contributed by atoms with Gasteiger partial charge in [-0.25, -0.2) is 4.98 Å². The Hall–Kier alpha value is -2.15. The molecule has 19 heavy (non-hydrogen) atoms. The van der Waals surface area contributed by atoms with E-state index in [1.54, 1.807) is 23.1 Å². The molecule has 0 aliphatic rings. The predicted octanol–water partition coefficient (Wildman–Crippen LogP) is 1.85. The second-order valence-electron chi connectivity index (χ2n) is 3.84. The van der Waals surface area contributed by atoms with Crippen LogP contribution in [0, 0.1) is 0 Å². The van der Waals surface area contributed by atoms with E-state index >= 15 is 0 Å². The molecule has 0 unspecified atom stereocenters. The summed E-state index contributed by atoms with van der Waals surface area (Å²) >= 11 is 1.51. The molecule has 0 bridgehead atoms. The normalized spacial score (nSPS) is 10.8. The number of rotatable bonds is 4. The second kappa shape index (κ2) is 5.23. The summed E-state index contributed by atoms with van der Waals surface area (Å²) in [5.41, 5.74) is 1.93. The maximum absolute atomic E-state index is 4.43. The van der Waals surface area contributed by atoms with E-state index in [-0.39, 0.29) is 0 Å². The minimum Gasteiger partial charge on any atom is -0.350 e. The molecule has 0 fully saturated rings. The van der Waals surface area contributed by atoms with Gasteiger partial charge < -0.3 is 5.32 Å². The lowest BCUT2D eigenvalue weighted by molar-refractivity contribution is 0.830. The number of nitrogens with one attached hydrogen (secondary N) is 1. The Labute approximate surface area is 114 Å². The van der Waals surface area contributed by atoms with Crippen molar-refractivity contribution in [2.45, 2.75) is 11.7 Å². The zero-order valence-corrected chi connectivity index (χ0v) is 11.1. The van der Waals surface area contributed by atoms with Gasteiger partial charge in [-0.3, -0.25) is 4.98 Å². The number of aromatic nitrogens is 5. The highest BCUT2D eigenvalue weighted by molar-refractivity contribution is 7.98. The number of hydrogen-bond acceptors (Lipinski definition) is 6. The van der Waals surface area contributed by atoms with Gasteiger partial charge in [-0.1, -0.05) is 11.8 Å². The lowest BCUT2D eigenvalue weighted by atomic mass is 10.3. The van der Waals surface area contributed by atoms with Crippen LogP contribution >= 0.6 is 11.8 Å². The molecule has 96 valence electrons. The van der Waals surface area contributed by atoms with Crippen LogP contribution in [-0.2, 0) is 6.54 Å². The number of thioether (sulfide) groups is 1. The van der Waals surface area contributed by atoms with Gasteiger partial charge in [0.05, 0.1) is 6.20 Å². The number of nitrogens with zero attached hydrogens (tertiary/aromatic N) is 5. The summed E-state index contributed by atoms with van der Waals surface area (Å²) in [6, 6.07) is 5.78. The van der Waals surface area contributed by atoms with Crippen molar-refractivity contribution < 1.29 is 0 Å².